The Balaban J connectivity index is 1.19. The molecule has 1 aliphatic heterocycles. The number of H-pyrrole nitrogens is 1. The molecular weight excluding hydrogens is 473 g/mol. The largest absolute Gasteiger partial charge is 0.448 e. The summed E-state index contributed by atoms with van der Waals surface area (Å²) in [5, 5.41) is 4.02. The maximum atomic E-state index is 13.8. The lowest BCUT2D eigenvalue weighted by molar-refractivity contribution is 0.0941. The van der Waals surface area contributed by atoms with E-state index in [2.05, 4.69) is 25.2 Å². The molecule has 9 nitrogen and oxygen atoms in total. The number of likely N-dealkylation sites (N-methyl/N-ethyl adjacent to an activating group) is 1. The predicted molar refractivity (Wildman–Crippen MR) is 143 cm³/mol. The number of halogens is 1. The van der Waals surface area contributed by atoms with Gasteiger partial charge in [0.1, 0.15) is 12.4 Å². The minimum absolute atomic E-state index is 0.249. The molecule has 1 amide bonds. The summed E-state index contributed by atoms with van der Waals surface area (Å²) in [6.07, 6.45) is 3.26. The van der Waals surface area contributed by atoms with E-state index in [4.69, 9.17) is 4.74 Å². The summed E-state index contributed by atoms with van der Waals surface area (Å²) in [7, 11) is 3.90. The lowest BCUT2D eigenvalue weighted by Gasteiger charge is -2.35. The maximum absolute atomic E-state index is 13.8. The maximum Gasteiger partial charge on any atom is 0.409 e. The minimum Gasteiger partial charge on any atom is -0.448 e. The van der Waals surface area contributed by atoms with E-state index >= 15 is 0 Å². The zero-order valence-electron chi connectivity index (χ0n) is 20.9. The molecule has 10 heteroatoms. The molecule has 3 heterocycles. The molecule has 0 atom stereocenters. The molecule has 5 rings (SSSR count). The van der Waals surface area contributed by atoms with Gasteiger partial charge in [0.15, 0.2) is 0 Å². The fourth-order valence-electron chi connectivity index (χ4n) is 4.31. The number of aromatic nitrogens is 3. The first kappa shape index (κ1) is 24.5. The van der Waals surface area contributed by atoms with E-state index in [9.17, 15) is 9.18 Å². The molecule has 1 fully saturated rings. The van der Waals surface area contributed by atoms with E-state index in [1.807, 2.05) is 49.5 Å². The van der Waals surface area contributed by atoms with Crippen molar-refractivity contribution in [2.45, 2.75) is 0 Å². The van der Waals surface area contributed by atoms with E-state index in [0.29, 0.717) is 37.9 Å². The number of rotatable bonds is 7. The molecule has 2 N–H and O–H groups in total. The monoisotopic (exact) mass is 503 g/mol. The Morgan fingerprint density at radius 3 is 2.65 bits per heavy atom. The van der Waals surface area contributed by atoms with Gasteiger partial charge in [-0.25, -0.2) is 19.2 Å². The molecule has 0 aliphatic carbocycles. The van der Waals surface area contributed by atoms with Crippen LogP contribution in [0.1, 0.15) is 0 Å². The standard InChI is InChI=1S/C27H30FN7O2/c1-33(2)15-16-37-27(36)35-13-11-34(12-14-35)21-6-4-20(5-7-21)31-26-29-10-9-25(32-26)23-18-30-24-8-3-19(28)17-22(23)24/h3-10,17-18,30H,11-16H2,1-2H3,(H,29,31,32). The van der Waals surface area contributed by atoms with Crippen molar-refractivity contribution < 1.29 is 13.9 Å². The van der Waals surface area contributed by atoms with Crippen LogP contribution in [0, 0.1) is 5.82 Å². The number of nitrogens with zero attached hydrogens (tertiary/aromatic N) is 5. The van der Waals surface area contributed by atoms with Gasteiger partial charge in [0, 0.05) is 73.0 Å². The highest BCUT2D eigenvalue weighted by Gasteiger charge is 2.22. The number of carbonyl (C=O) groups excluding carboxylic acids is 1. The third kappa shape index (κ3) is 5.80. The molecule has 0 unspecified atom stereocenters. The van der Waals surface area contributed by atoms with Gasteiger partial charge in [-0.05, 0) is 62.6 Å². The Hall–Kier alpha value is -4.18. The summed E-state index contributed by atoms with van der Waals surface area (Å²) in [6, 6.07) is 14.5. The number of anilines is 3. The third-order valence-corrected chi connectivity index (χ3v) is 6.37. The Morgan fingerprint density at radius 1 is 1.11 bits per heavy atom. The Labute approximate surface area is 214 Å². The zero-order chi connectivity index (χ0) is 25.8. The van der Waals surface area contributed by atoms with Crippen LogP contribution in [0.15, 0.2) is 60.9 Å². The van der Waals surface area contributed by atoms with Crippen LogP contribution in [0.2, 0.25) is 0 Å². The number of amides is 1. The second-order valence-electron chi connectivity index (χ2n) is 9.22. The third-order valence-electron chi connectivity index (χ3n) is 6.37. The van der Waals surface area contributed by atoms with Gasteiger partial charge in [-0.1, -0.05) is 0 Å². The number of benzene rings is 2. The summed E-state index contributed by atoms with van der Waals surface area (Å²) in [5.74, 6) is 0.166. The van der Waals surface area contributed by atoms with Gasteiger partial charge in [-0.15, -0.1) is 0 Å². The second-order valence-corrected chi connectivity index (χ2v) is 9.22. The highest BCUT2D eigenvalue weighted by Crippen LogP contribution is 2.29. The average Bonchev–Trinajstić information content (AvgIpc) is 3.32. The lowest BCUT2D eigenvalue weighted by atomic mass is 10.1. The molecule has 4 aromatic rings. The first-order chi connectivity index (χ1) is 18.0. The van der Waals surface area contributed by atoms with Crippen molar-refractivity contribution in [3.05, 3.63) is 66.7 Å². The highest BCUT2D eigenvalue weighted by atomic mass is 19.1. The lowest BCUT2D eigenvalue weighted by Crippen LogP contribution is -2.49. The highest BCUT2D eigenvalue weighted by molar-refractivity contribution is 5.94. The van der Waals surface area contributed by atoms with E-state index in [0.717, 1.165) is 40.9 Å². The molecule has 192 valence electrons. The van der Waals surface area contributed by atoms with Gasteiger partial charge < -0.3 is 29.7 Å². The summed E-state index contributed by atoms with van der Waals surface area (Å²) in [6.45, 7) is 3.84. The molecular formula is C27H30FN7O2. The number of nitrogens with one attached hydrogen (secondary N) is 2. The fraction of sp³-hybridized carbons (Fsp3) is 0.296. The van der Waals surface area contributed by atoms with Crippen LogP contribution in [0.25, 0.3) is 22.2 Å². The number of hydrogen-bond acceptors (Lipinski definition) is 7. The predicted octanol–water partition coefficient (Wildman–Crippen LogP) is 4.33. The molecule has 0 saturated carbocycles. The summed E-state index contributed by atoms with van der Waals surface area (Å²) in [5.41, 5.74) is 4.30. The van der Waals surface area contributed by atoms with Gasteiger partial charge in [-0.3, -0.25) is 0 Å². The molecule has 2 aromatic carbocycles. The van der Waals surface area contributed by atoms with Crippen molar-refractivity contribution >= 4 is 34.3 Å². The number of ether oxygens (including phenoxy) is 1. The summed E-state index contributed by atoms with van der Waals surface area (Å²) >= 11 is 0. The molecule has 2 aromatic heterocycles. The van der Waals surface area contributed by atoms with Crippen LogP contribution in [0.5, 0.6) is 0 Å². The molecule has 1 aliphatic rings. The summed E-state index contributed by atoms with van der Waals surface area (Å²) < 4.78 is 19.1. The number of fused-ring (bicyclic) bond motifs is 1. The second kappa shape index (κ2) is 10.8. The minimum atomic E-state index is -0.290. The molecule has 0 bridgehead atoms. The topological polar surface area (TPSA) is 89.6 Å². The fourth-order valence-corrected chi connectivity index (χ4v) is 4.31. The zero-order valence-corrected chi connectivity index (χ0v) is 20.9. The van der Waals surface area contributed by atoms with E-state index in [1.165, 1.54) is 12.1 Å². The van der Waals surface area contributed by atoms with Gasteiger partial charge >= 0.3 is 6.09 Å². The van der Waals surface area contributed by atoms with Gasteiger partial charge in [-0.2, -0.15) is 0 Å². The molecule has 0 radical (unpaired) electrons. The number of aromatic amines is 1. The van der Waals surface area contributed by atoms with Crippen LogP contribution >= 0.6 is 0 Å². The Kier molecular flexibility index (Phi) is 7.18. The Bertz CT molecular complexity index is 1360. The van der Waals surface area contributed by atoms with Crippen molar-refractivity contribution in [1.29, 1.82) is 0 Å². The van der Waals surface area contributed by atoms with E-state index < -0.39 is 0 Å². The SMILES string of the molecule is CN(C)CCOC(=O)N1CCN(c2ccc(Nc3nccc(-c4c[nH]c5ccc(F)cc45)n3)cc2)CC1. The molecule has 37 heavy (non-hydrogen) atoms. The van der Waals surface area contributed by atoms with Crippen LogP contribution < -0.4 is 10.2 Å². The first-order valence-electron chi connectivity index (χ1n) is 12.2. The van der Waals surface area contributed by atoms with E-state index in [1.54, 1.807) is 23.2 Å². The van der Waals surface area contributed by atoms with Crippen molar-refractivity contribution in [2.24, 2.45) is 0 Å². The van der Waals surface area contributed by atoms with Crippen LogP contribution in [-0.2, 0) is 4.74 Å². The number of hydrogen-bond donors (Lipinski definition) is 2. The van der Waals surface area contributed by atoms with Crippen molar-refractivity contribution in [3.63, 3.8) is 0 Å². The first-order valence-corrected chi connectivity index (χ1v) is 12.2. The van der Waals surface area contributed by atoms with Crippen LogP contribution in [0.3, 0.4) is 0 Å². The quantitative estimate of drug-likeness (QED) is 0.388. The smallest absolute Gasteiger partial charge is 0.409 e. The van der Waals surface area contributed by atoms with Gasteiger partial charge in [0.05, 0.1) is 5.69 Å². The van der Waals surface area contributed by atoms with Crippen LogP contribution in [-0.4, -0.2) is 84.3 Å². The molecule has 1 saturated heterocycles. The van der Waals surface area contributed by atoms with Gasteiger partial charge in [0.2, 0.25) is 5.95 Å². The number of carbonyl (C=O) groups is 1. The van der Waals surface area contributed by atoms with Crippen LogP contribution in [0.4, 0.5) is 26.5 Å². The average molecular weight is 504 g/mol. The normalized spacial score (nSPS) is 13.8. The van der Waals surface area contributed by atoms with Gasteiger partial charge in [0.25, 0.3) is 0 Å². The van der Waals surface area contributed by atoms with E-state index in [-0.39, 0.29) is 11.9 Å². The molecule has 0 spiro atoms. The van der Waals surface area contributed by atoms with Crippen molar-refractivity contribution in [3.8, 4) is 11.3 Å². The number of piperazine rings is 1. The summed E-state index contributed by atoms with van der Waals surface area (Å²) in [4.78, 5) is 30.4. The van der Waals surface area contributed by atoms with Crippen molar-refractivity contribution in [1.82, 2.24) is 24.8 Å². The van der Waals surface area contributed by atoms with Crippen molar-refractivity contribution in [2.75, 3.05) is 63.6 Å². The Morgan fingerprint density at radius 2 is 1.89 bits per heavy atom.